The van der Waals surface area contributed by atoms with E-state index in [0.717, 1.165) is 37.3 Å². The quantitative estimate of drug-likeness (QED) is 0.703. The molecule has 0 spiro atoms. The third-order valence-electron chi connectivity index (χ3n) is 6.54. The van der Waals surface area contributed by atoms with Gasteiger partial charge >= 0.3 is 0 Å². The van der Waals surface area contributed by atoms with Gasteiger partial charge in [-0.3, -0.25) is 4.90 Å². The van der Waals surface area contributed by atoms with Crippen LogP contribution in [0.25, 0.3) is 0 Å². The molecule has 3 heteroatoms. The summed E-state index contributed by atoms with van der Waals surface area (Å²) in [4.78, 5) is 5.14. The van der Waals surface area contributed by atoms with Crippen LogP contribution in [0.5, 0.6) is 0 Å². The second-order valence-electron chi connectivity index (χ2n) is 8.30. The zero-order chi connectivity index (χ0) is 19.6. The molecule has 0 bridgehead atoms. The maximum atomic E-state index is 10.6. The summed E-state index contributed by atoms with van der Waals surface area (Å²) in [6.07, 6.45) is 1.86. The van der Waals surface area contributed by atoms with Crippen LogP contribution in [0.4, 0.5) is 5.69 Å². The van der Waals surface area contributed by atoms with Crippen LogP contribution in [0.3, 0.4) is 0 Å². The van der Waals surface area contributed by atoms with Gasteiger partial charge in [0.05, 0.1) is 0 Å². The number of rotatable bonds is 4. The van der Waals surface area contributed by atoms with Crippen molar-refractivity contribution >= 4 is 5.69 Å². The number of benzene rings is 3. The molecule has 3 aromatic rings. The highest BCUT2D eigenvalue weighted by molar-refractivity contribution is 5.49. The SMILES string of the molecule is OC(c1ccccc1)c1ccc(N2CCC(N3Cc4ccccc4C3)CC2)cc1. The number of hydrogen-bond donors (Lipinski definition) is 1. The molecule has 1 saturated heterocycles. The van der Waals surface area contributed by atoms with Crippen LogP contribution in [0.15, 0.2) is 78.9 Å². The van der Waals surface area contributed by atoms with Gasteiger partial charge in [-0.1, -0.05) is 66.7 Å². The predicted octanol–water partition coefficient (Wildman–Crippen LogP) is 4.75. The lowest BCUT2D eigenvalue weighted by atomic mass is 10.00. The smallest absolute Gasteiger partial charge is 0.104 e. The molecule has 2 aliphatic rings. The number of nitrogens with zero attached hydrogens (tertiary/aromatic N) is 2. The van der Waals surface area contributed by atoms with Gasteiger partial charge in [-0.15, -0.1) is 0 Å². The highest BCUT2D eigenvalue weighted by atomic mass is 16.3. The largest absolute Gasteiger partial charge is 0.384 e. The van der Waals surface area contributed by atoms with Crippen molar-refractivity contribution < 1.29 is 5.11 Å². The van der Waals surface area contributed by atoms with Crippen LogP contribution >= 0.6 is 0 Å². The second kappa shape index (κ2) is 8.02. The zero-order valence-corrected chi connectivity index (χ0v) is 16.7. The number of piperidine rings is 1. The van der Waals surface area contributed by atoms with Crippen molar-refractivity contribution in [1.82, 2.24) is 4.90 Å². The Hall–Kier alpha value is -2.62. The first-order valence-electron chi connectivity index (χ1n) is 10.7. The van der Waals surface area contributed by atoms with E-state index in [1.54, 1.807) is 0 Å². The van der Waals surface area contributed by atoms with Crippen molar-refractivity contribution in [3.05, 3.63) is 101 Å². The van der Waals surface area contributed by atoms with Crippen molar-refractivity contribution in [3.8, 4) is 0 Å². The fourth-order valence-corrected chi connectivity index (χ4v) is 4.80. The first-order chi connectivity index (χ1) is 14.3. The summed E-state index contributed by atoms with van der Waals surface area (Å²) < 4.78 is 0. The first kappa shape index (κ1) is 18.4. The van der Waals surface area contributed by atoms with Crippen molar-refractivity contribution in [1.29, 1.82) is 0 Å². The van der Waals surface area contributed by atoms with Gasteiger partial charge in [0.2, 0.25) is 0 Å². The Balaban J connectivity index is 1.19. The van der Waals surface area contributed by atoms with Gasteiger partial charge in [0.25, 0.3) is 0 Å². The topological polar surface area (TPSA) is 26.7 Å². The zero-order valence-electron chi connectivity index (χ0n) is 16.7. The van der Waals surface area contributed by atoms with Crippen LogP contribution in [0.2, 0.25) is 0 Å². The molecule has 1 unspecified atom stereocenters. The van der Waals surface area contributed by atoms with Gasteiger partial charge in [-0.2, -0.15) is 0 Å². The van der Waals surface area contributed by atoms with E-state index in [4.69, 9.17) is 0 Å². The summed E-state index contributed by atoms with van der Waals surface area (Å²) in [5, 5.41) is 10.6. The fraction of sp³-hybridized carbons (Fsp3) is 0.308. The van der Waals surface area contributed by atoms with E-state index < -0.39 is 6.10 Å². The maximum absolute atomic E-state index is 10.6. The summed E-state index contributed by atoms with van der Waals surface area (Å²) in [6.45, 7) is 4.40. The van der Waals surface area contributed by atoms with Crippen LogP contribution in [0, 0.1) is 0 Å². The molecular formula is C26H28N2O. The second-order valence-corrected chi connectivity index (χ2v) is 8.30. The molecule has 1 fully saturated rings. The van der Waals surface area contributed by atoms with E-state index in [2.05, 4.69) is 58.3 Å². The van der Waals surface area contributed by atoms with Gasteiger partial charge < -0.3 is 10.0 Å². The molecule has 0 aliphatic carbocycles. The Labute approximate surface area is 173 Å². The molecule has 5 rings (SSSR count). The number of hydrogen-bond acceptors (Lipinski definition) is 3. The number of anilines is 1. The van der Waals surface area contributed by atoms with E-state index in [1.165, 1.54) is 29.7 Å². The Morgan fingerprint density at radius 1 is 0.690 bits per heavy atom. The van der Waals surface area contributed by atoms with E-state index >= 15 is 0 Å². The first-order valence-corrected chi connectivity index (χ1v) is 10.7. The molecule has 0 radical (unpaired) electrons. The molecule has 29 heavy (non-hydrogen) atoms. The minimum Gasteiger partial charge on any atom is -0.384 e. The Morgan fingerprint density at radius 2 is 1.24 bits per heavy atom. The van der Waals surface area contributed by atoms with Crippen molar-refractivity contribution in [3.63, 3.8) is 0 Å². The third kappa shape index (κ3) is 3.81. The van der Waals surface area contributed by atoms with Crippen molar-refractivity contribution in [2.45, 2.75) is 38.1 Å². The molecular weight excluding hydrogens is 356 g/mol. The van der Waals surface area contributed by atoms with Crippen molar-refractivity contribution in [2.75, 3.05) is 18.0 Å². The fourth-order valence-electron chi connectivity index (χ4n) is 4.80. The molecule has 1 atom stereocenters. The van der Waals surface area contributed by atoms with Gasteiger partial charge in [0.15, 0.2) is 0 Å². The predicted molar refractivity (Wildman–Crippen MR) is 118 cm³/mol. The minimum atomic E-state index is -0.562. The summed E-state index contributed by atoms with van der Waals surface area (Å²) in [5.74, 6) is 0. The molecule has 3 aromatic carbocycles. The average molecular weight is 385 g/mol. The Bertz CT molecular complexity index is 921. The minimum absolute atomic E-state index is 0.562. The van der Waals surface area contributed by atoms with E-state index in [9.17, 15) is 5.11 Å². The lowest BCUT2D eigenvalue weighted by Crippen LogP contribution is -2.43. The normalized spacial score (nSPS) is 18.6. The lowest BCUT2D eigenvalue weighted by Gasteiger charge is -2.38. The van der Waals surface area contributed by atoms with E-state index in [0.29, 0.717) is 6.04 Å². The summed E-state index contributed by atoms with van der Waals surface area (Å²) in [7, 11) is 0. The standard InChI is InChI=1S/C26H28N2O/c29-26(20-6-2-1-3-7-20)21-10-12-24(13-11-21)27-16-14-25(15-17-27)28-18-22-8-4-5-9-23(22)19-28/h1-13,25-26,29H,14-19H2. The van der Waals surface area contributed by atoms with Crippen LogP contribution in [-0.4, -0.2) is 29.1 Å². The van der Waals surface area contributed by atoms with Gasteiger partial charge in [0.1, 0.15) is 6.10 Å². The van der Waals surface area contributed by atoms with Crippen molar-refractivity contribution in [2.24, 2.45) is 0 Å². The van der Waals surface area contributed by atoms with Crippen LogP contribution in [0.1, 0.15) is 41.2 Å². The van der Waals surface area contributed by atoms with Gasteiger partial charge in [-0.05, 0) is 47.2 Å². The monoisotopic (exact) mass is 384 g/mol. The Morgan fingerprint density at radius 3 is 1.86 bits per heavy atom. The molecule has 0 amide bonds. The van der Waals surface area contributed by atoms with E-state index in [-0.39, 0.29) is 0 Å². The lowest BCUT2D eigenvalue weighted by molar-refractivity contribution is 0.170. The summed E-state index contributed by atoms with van der Waals surface area (Å²) in [6, 6.07) is 27.8. The van der Waals surface area contributed by atoms with Crippen LogP contribution < -0.4 is 4.90 Å². The number of aliphatic hydroxyl groups excluding tert-OH is 1. The Kier molecular flexibility index (Phi) is 5.09. The summed E-state index contributed by atoms with van der Waals surface area (Å²) in [5.41, 5.74) is 6.15. The third-order valence-corrected chi connectivity index (χ3v) is 6.54. The van der Waals surface area contributed by atoms with E-state index in [1.807, 2.05) is 30.3 Å². The highest BCUT2D eigenvalue weighted by Crippen LogP contribution is 2.30. The molecule has 148 valence electrons. The molecule has 3 nitrogen and oxygen atoms in total. The molecule has 0 aromatic heterocycles. The van der Waals surface area contributed by atoms with Gasteiger partial charge in [0, 0.05) is 37.9 Å². The number of fused-ring (bicyclic) bond motifs is 1. The van der Waals surface area contributed by atoms with Crippen LogP contribution in [-0.2, 0) is 13.1 Å². The molecule has 2 aliphatic heterocycles. The maximum Gasteiger partial charge on any atom is 0.104 e. The molecule has 1 N–H and O–H groups in total. The van der Waals surface area contributed by atoms with Gasteiger partial charge in [-0.25, -0.2) is 0 Å². The number of aliphatic hydroxyl groups is 1. The summed E-state index contributed by atoms with van der Waals surface area (Å²) >= 11 is 0. The molecule has 2 heterocycles. The molecule has 0 saturated carbocycles. The average Bonchev–Trinajstić information content (AvgIpc) is 3.24. The highest BCUT2D eigenvalue weighted by Gasteiger charge is 2.28.